The Morgan fingerprint density at radius 3 is 3.04 bits per heavy atom. The highest BCUT2D eigenvalue weighted by molar-refractivity contribution is 14.0. The number of rotatable bonds is 8. The molecular formula is C19H31IN6O2. The van der Waals surface area contributed by atoms with Crippen molar-refractivity contribution in [3.05, 3.63) is 35.8 Å². The van der Waals surface area contributed by atoms with Crippen molar-refractivity contribution in [2.75, 3.05) is 26.8 Å². The molecule has 9 heteroatoms. The number of aliphatic imine (C=N–C) groups is 1. The van der Waals surface area contributed by atoms with E-state index in [4.69, 9.17) is 9.15 Å². The summed E-state index contributed by atoms with van der Waals surface area (Å²) in [7, 11) is 1.69. The predicted octanol–water partition coefficient (Wildman–Crippen LogP) is 2.35. The maximum absolute atomic E-state index is 5.39. The molecule has 2 N–H and O–H groups in total. The van der Waals surface area contributed by atoms with Gasteiger partial charge < -0.3 is 19.8 Å². The Morgan fingerprint density at radius 2 is 2.32 bits per heavy atom. The van der Waals surface area contributed by atoms with Crippen LogP contribution in [0.2, 0.25) is 0 Å². The first-order valence-electron chi connectivity index (χ1n) is 9.65. The minimum absolute atomic E-state index is 0. The van der Waals surface area contributed by atoms with Gasteiger partial charge in [0.25, 0.3) is 0 Å². The lowest BCUT2D eigenvalue weighted by Gasteiger charge is -2.25. The lowest BCUT2D eigenvalue weighted by atomic mass is 10.1. The van der Waals surface area contributed by atoms with Gasteiger partial charge in [-0.05, 0) is 18.6 Å². The lowest BCUT2D eigenvalue weighted by molar-refractivity contribution is 0.207. The van der Waals surface area contributed by atoms with Gasteiger partial charge in [-0.25, -0.2) is 9.67 Å². The third-order valence-electron chi connectivity index (χ3n) is 4.54. The van der Waals surface area contributed by atoms with Crippen LogP contribution in [0.15, 0.2) is 27.8 Å². The second-order valence-corrected chi connectivity index (χ2v) is 7.08. The van der Waals surface area contributed by atoms with E-state index >= 15 is 0 Å². The van der Waals surface area contributed by atoms with Gasteiger partial charge in [-0.15, -0.1) is 24.0 Å². The number of guanidine groups is 1. The summed E-state index contributed by atoms with van der Waals surface area (Å²) >= 11 is 0. The van der Waals surface area contributed by atoms with Gasteiger partial charge in [0, 0.05) is 38.5 Å². The minimum atomic E-state index is 0. The van der Waals surface area contributed by atoms with Crippen molar-refractivity contribution in [3.63, 3.8) is 0 Å². The van der Waals surface area contributed by atoms with Crippen molar-refractivity contribution in [2.24, 2.45) is 4.99 Å². The minimum Gasteiger partial charge on any atom is -0.469 e. The molecule has 8 nitrogen and oxygen atoms in total. The second kappa shape index (κ2) is 11.4. The standard InChI is InChI=1S/C19H30N6O2.HI/c1-14(2)18-23-17-7-6-15(13-25(17)24-18)22-19(21-10-12-26-3)20-9-8-16-5-4-11-27-16;/h4-5,11,14-15H,6-10,12-13H2,1-3H3,(H2,20,21,22);1H. The first kappa shape index (κ1) is 22.7. The molecule has 1 unspecified atom stereocenters. The van der Waals surface area contributed by atoms with Crippen molar-refractivity contribution >= 4 is 29.9 Å². The number of fused-ring (bicyclic) bond motifs is 1. The SMILES string of the molecule is COCCN=C(NCCc1ccco1)NC1CCc2nc(C(C)C)nn2C1.I. The molecular weight excluding hydrogens is 471 g/mol. The summed E-state index contributed by atoms with van der Waals surface area (Å²) in [6, 6.07) is 4.16. The predicted molar refractivity (Wildman–Crippen MR) is 119 cm³/mol. The first-order valence-corrected chi connectivity index (χ1v) is 9.65. The molecule has 0 fully saturated rings. The molecule has 0 saturated carbocycles. The zero-order valence-corrected chi connectivity index (χ0v) is 19.2. The number of hydrogen-bond acceptors (Lipinski definition) is 5. The zero-order chi connectivity index (χ0) is 19.1. The summed E-state index contributed by atoms with van der Waals surface area (Å²) in [5.41, 5.74) is 0. The van der Waals surface area contributed by atoms with Gasteiger partial charge in [0.15, 0.2) is 11.8 Å². The van der Waals surface area contributed by atoms with Crippen LogP contribution in [-0.4, -0.2) is 53.6 Å². The van der Waals surface area contributed by atoms with Crippen LogP contribution in [0.25, 0.3) is 0 Å². The number of aryl methyl sites for hydroxylation is 1. The van der Waals surface area contributed by atoms with Crippen molar-refractivity contribution in [2.45, 2.75) is 51.6 Å². The van der Waals surface area contributed by atoms with Gasteiger partial charge >= 0.3 is 0 Å². The van der Waals surface area contributed by atoms with E-state index in [-0.39, 0.29) is 30.0 Å². The Morgan fingerprint density at radius 1 is 1.46 bits per heavy atom. The maximum atomic E-state index is 5.39. The molecule has 0 aliphatic carbocycles. The highest BCUT2D eigenvalue weighted by Crippen LogP contribution is 2.16. The lowest BCUT2D eigenvalue weighted by Crippen LogP contribution is -2.47. The number of halogens is 1. The van der Waals surface area contributed by atoms with Crippen LogP contribution in [0, 0.1) is 0 Å². The molecule has 3 heterocycles. The molecule has 2 aromatic heterocycles. The highest BCUT2D eigenvalue weighted by Gasteiger charge is 2.23. The number of nitrogens with one attached hydrogen (secondary N) is 2. The Hall–Kier alpha value is -1.62. The van der Waals surface area contributed by atoms with Gasteiger partial charge in [-0.3, -0.25) is 4.99 Å². The summed E-state index contributed by atoms with van der Waals surface area (Å²) in [6.45, 7) is 7.02. The number of aromatic nitrogens is 3. The van der Waals surface area contributed by atoms with Crippen LogP contribution >= 0.6 is 24.0 Å². The number of hydrogen-bond donors (Lipinski definition) is 2. The molecule has 0 bridgehead atoms. The average molecular weight is 502 g/mol. The summed E-state index contributed by atoms with van der Waals surface area (Å²) in [5, 5.41) is 11.6. The third-order valence-corrected chi connectivity index (χ3v) is 4.54. The Bertz CT molecular complexity index is 729. The summed E-state index contributed by atoms with van der Waals surface area (Å²) < 4.78 is 12.5. The largest absolute Gasteiger partial charge is 0.469 e. The number of nitrogens with zero attached hydrogens (tertiary/aromatic N) is 4. The zero-order valence-electron chi connectivity index (χ0n) is 16.9. The molecule has 0 aromatic carbocycles. The molecule has 1 aliphatic rings. The molecule has 156 valence electrons. The van der Waals surface area contributed by atoms with Crippen LogP contribution in [0.1, 0.15) is 43.6 Å². The topological polar surface area (TPSA) is 89.5 Å². The molecule has 0 spiro atoms. The molecule has 28 heavy (non-hydrogen) atoms. The Labute approximate surface area is 183 Å². The van der Waals surface area contributed by atoms with E-state index in [1.807, 2.05) is 16.8 Å². The number of furan rings is 1. The second-order valence-electron chi connectivity index (χ2n) is 7.08. The fraction of sp³-hybridized carbons (Fsp3) is 0.632. The van der Waals surface area contributed by atoms with Crippen molar-refractivity contribution in [1.29, 1.82) is 0 Å². The summed E-state index contributed by atoms with van der Waals surface area (Å²) in [6.07, 6.45) is 4.45. The molecule has 0 saturated heterocycles. The van der Waals surface area contributed by atoms with Crippen molar-refractivity contribution in [1.82, 2.24) is 25.4 Å². The monoisotopic (exact) mass is 502 g/mol. The summed E-state index contributed by atoms with van der Waals surface area (Å²) in [4.78, 5) is 9.26. The molecule has 2 aromatic rings. The van der Waals surface area contributed by atoms with E-state index in [1.54, 1.807) is 13.4 Å². The summed E-state index contributed by atoms with van der Waals surface area (Å²) in [5.74, 6) is 4.13. The quantitative estimate of drug-likeness (QED) is 0.250. The van der Waals surface area contributed by atoms with Crippen LogP contribution in [0.5, 0.6) is 0 Å². The van der Waals surface area contributed by atoms with Crippen LogP contribution < -0.4 is 10.6 Å². The Kier molecular flexibility index (Phi) is 9.23. The van der Waals surface area contributed by atoms with Gasteiger partial charge in [0.05, 0.1) is 26.0 Å². The molecule has 0 amide bonds. The smallest absolute Gasteiger partial charge is 0.191 e. The van der Waals surface area contributed by atoms with Crippen LogP contribution in [0.4, 0.5) is 0 Å². The van der Waals surface area contributed by atoms with E-state index < -0.39 is 0 Å². The highest BCUT2D eigenvalue weighted by atomic mass is 127. The normalized spacial score (nSPS) is 16.6. The van der Waals surface area contributed by atoms with E-state index in [9.17, 15) is 0 Å². The van der Waals surface area contributed by atoms with Crippen LogP contribution in [0.3, 0.4) is 0 Å². The number of methoxy groups -OCH3 is 1. The molecule has 3 rings (SSSR count). The van der Waals surface area contributed by atoms with Crippen LogP contribution in [-0.2, 0) is 24.1 Å². The van der Waals surface area contributed by atoms with Gasteiger partial charge in [-0.2, -0.15) is 5.10 Å². The van der Waals surface area contributed by atoms with Gasteiger partial charge in [0.2, 0.25) is 0 Å². The first-order chi connectivity index (χ1) is 13.2. The molecule has 1 atom stereocenters. The van der Waals surface area contributed by atoms with E-state index in [0.717, 1.165) is 55.7 Å². The van der Waals surface area contributed by atoms with Gasteiger partial charge in [0.1, 0.15) is 11.6 Å². The fourth-order valence-electron chi connectivity index (χ4n) is 3.04. The van der Waals surface area contributed by atoms with Crippen molar-refractivity contribution in [3.8, 4) is 0 Å². The van der Waals surface area contributed by atoms with E-state index in [1.165, 1.54) is 0 Å². The van der Waals surface area contributed by atoms with Gasteiger partial charge in [-0.1, -0.05) is 13.8 Å². The van der Waals surface area contributed by atoms with Crippen molar-refractivity contribution < 1.29 is 9.15 Å². The molecule has 0 radical (unpaired) electrons. The average Bonchev–Trinajstić information content (AvgIpc) is 3.30. The van der Waals surface area contributed by atoms with E-state index in [0.29, 0.717) is 19.1 Å². The Balaban J connectivity index is 0.00000280. The van der Waals surface area contributed by atoms with E-state index in [2.05, 4.69) is 39.6 Å². The number of ether oxygens (including phenoxy) is 1. The maximum Gasteiger partial charge on any atom is 0.191 e. The fourth-order valence-corrected chi connectivity index (χ4v) is 3.04. The molecule has 1 aliphatic heterocycles. The third kappa shape index (κ3) is 6.47.